The van der Waals surface area contributed by atoms with Crippen molar-refractivity contribution in [3.8, 4) is 0 Å². The molecule has 58 valence electrons. The Morgan fingerprint density at radius 2 is 2.00 bits per heavy atom. The van der Waals surface area contributed by atoms with Gasteiger partial charge in [0.2, 0.25) is 0 Å². The van der Waals surface area contributed by atoms with Gasteiger partial charge in [-0.1, -0.05) is 0 Å². The van der Waals surface area contributed by atoms with Crippen molar-refractivity contribution < 1.29 is 14.6 Å². The first-order chi connectivity index (χ1) is 5.20. The lowest BCUT2D eigenvalue weighted by molar-refractivity contribution is -0.395. The highest BCUT2D eigenvalue weighted by molar-refractivity contribution is 5.57. The number of aromatic nitrogens is 1. The summed E-state index contributed by atoms with van der Waals surface area (Å²) >= 11 is 0. The van der Waals surface area contributed by atoms with Crippen molar-refractivity contribution in [2.24, 2.45) is 0 Å². The van der Waals surface area contributed by atoms with Gasteiger partial charge in [0.1, 0.15) is 4.92 Å². The quantitative estimate of drug-likeness (QED) is 0.433. The number of nitrogens with zero attached hydrogens (tertiary/aromatic N) is 2. The number of amides is 1. The molecule has 1 aromatic heterocycles. The fourth-order valence-corrected chi connectivity index (χ4v) is 0.503. The molecule has 0 radical (unpaired) electrons. The first-order valence-electron chi connectivity index (χ1n) is 2.70. The van der Waals surface area contributed by atoms with Gasteiger partial charge in [0.15, 0.2) is 0 Å². The molecular formula is C5H4N2O4. The van der Waals surface area contributed by atoms with Gasteiger partial charge in [-0.15, -0.1) is 0 Å². The van der Waals surface area contributed by atoms with Gasteiger partial charge >= 0.3 is 6.09 Å². The van der Waals surface area contributed by atoms with Crippen molar-refractivity contribution >= 4 is 6.09 Å². The standard InChI is InChI=1S/C5H4N2O4/c8-5(7(9)10)11-6-3-1-2-4-6/h1-4H. The SMILES string of the molecule is O=C(On1cccc1)[N+](=O)[O-]. The normalized spacial score (nSPS) is 9.09. The average Bonchev–Trinajstić information content (AvgIpc) is 2.39. The largest absolute Gasteiger partial charge is 0.682 e. The summed E-state index contributed by atoms with van der Waals surface area (Å²) in [5.74, 6) is 0. The molecule has 0 aliphatic heterocycles. The third kappa shape index (κ3) is 1.78. The molecule has 0 aliphatic rings. The van der Waals surface area contributed by atoms with Crippen molar-refractivity contribution in [1.29, 1.82) is 0 Å². The van der Waals surface area contributed by atoms with Crippen LogP contribution in [-0.2, 0) is 0 Å². The number of rotatable bonds is 1. The highest BCUT2D eigenvalue weighted by atomic mass is 16.8. The lowest BCUT2D eigenvalue weighted by atomic mass is 10.7. The summed E-state index contributed by atoms with van der Waals surface area (Å²) in [5.41, 5.74) is 0. The van der Waals surface area contributed by atoms with E-state index in [-0.39, 0.29) is 0 Å². The van der Waals surface area contributed by atoms with E-state index in [0.717, 1.165) is 4.73 Å². The van der Waals surface area contributed by atoms with Gasteiger partial charge < -0.3 is 0 Å². The second kappa shape index (κ2) is 2.82. The van der Waals surface area contributed by atoms with E-state index in [1.54, 1.807) is 12.1 Å². The first-order valence-corrected chi connectivity index (χ1v) is 2.70. The second-order valence-electron chi connectivity index (χ2n) is 1.66. The number of hydrogen-bond acceptors (Lipinski definition) is 4. The summed E-state index contributed by atoms with van der Waals surface area (Å²) in [7, 11) is 0. The third-order valence-electron chi connectivity index (χ3n) is 0.910. The van der Waals surface area contributed by atoms with Crippen LogP contribution in [0.25, 0.3) is 0 Å². The van der Waals surface area contributed by atoms with Crippen LogP contribution in [0.3, 0.4) is 0 Å². The zero-order chi connectivity index (χ0) is 8.27. The molecule has 0 spiro atoms. The highest BCUT2D eigenvalue weighted by Crippen LogP contribution is 1.86. The molecule has 1 aromatic rings. The molecule has 0 aromatic carbocycles. The predicted octanol–water partition coefficient (Wildman–Crippen LogP) is 0.313. The Kier molecular flexibility index (Phi) is 1.86. The number of hydrogen-bond donors (Lipinski definition) is 0. The van der Waals surface area contributed by atoms with Crippen LogP contribution in [0.15, 0.2) is 24.5 Å². The Balaban J connectivity index is 2.57. The van der Waals surface area contributed by atoms with Gasteiger partial charge in [-0.05, 0) is 12.1 Å². The molecule has 0 aliphatic carbocycles. The minimum absolute atomic E-state index is 0.950. The van der Waals surface area contributed by atoms with Crippen LogP contribution in [0.4, 0.5) is 4.79 Å². The Hall–Kier alpha value is -1.85. The van der Waals surface area contributed by atoms with Gasteiger partial charge in [0.25, 0.3) is 0 Å². The van der Waals surface area contributed by atoms with Gasteiger partial charge in [-0.3, -0.25) is 15.0 Å². The molecule has 1 amide bonds. The van der Waals surface area contributed by atoms with Crippen LogP contribution < -0.4 is 4.84 Å². The molecule has 0 saturated heterocycles. The molecule has 1 rings (SSSR count). The highest BCUT2D eigenvalue weighted by Gasteiger charge is 2.17. The van der Waals surface area contributed by atoms with Crippen LogP contribution in [0.1, 0.15) is 0 Å². The second-order valence-corrected chi connectivity index (χ2v) is 1.66. The van der Waals surface area contributed by atoms with Crippen molar-refractivity contribution in [3.05, 3.63) is 34.6 Å². The van der Waals surface area contributed by atoms with E-state index in [1.165, 1.54) is 12.4 Å². The fraction of sp³-hybridized carbons (Fsp3) is 0. The molecular weight excluding hydrogens is 152 g/mol. The Morgan fingerprint density at radius 3 is 2.45 bits per heavy atom. The maximum Gasteiger partial charge on any atom is 0.682 e. The summed E-state index contributed by atoms with van der Waals surface area (Å²) in [4.78, 5) is 23.1. The monoisotopic (exact) mass is 156 g/mol. The van der Waals surface area contributed by atoms with Gasteiger partial charge in [-0.25, -0.2) is 0 Å². The number of carbonyl (C=O) groups is 1. The zero-order valence-electron chi connectivity index (χ0n) is 5.34. The van der Waals surface area contributed by atoms with E-state index < -0.39 is 11.0 Å². The van der Waals surface area contributed by atoms with Crippen molar-refractivity contribution in [2.45, 2.75) is 0 Å². The summed E-state index contributed by atoms with van der Waals surface area (Å²) < 4.78 is 0.950. The molecule has 6 heteroatoms. The molecule has 0 atom stereocenters. The smallest absolute Gasteiger partial charge is 0.275 e. The molecule has 1 heterocycles. The molecule has 0 unspecified atom stereocenters. The summed E-state index contributed by atoms with van der Waals surface area (Å²) in [6.07, 6.45) is 1.25. The van der Waals surface area contributed by atoms with E-state index in [1.807, 2.05) is 0 Å². The van der Waals surface area contributed by atoms with Gasteiger partial charge in [0, 0.05) is 12.4 Å². The van der Waals surface area contributed by atoms with Gasteiger partial charge in [-0.2, -0.15) is 9.52 Å². The Bertz CT molecular complexity index is 266. The summed E-state index contributed by atoms with van der Waals surface area (Å²) in [6.45, 7) is 0. The minimum Gasteiger partial charge on any atom is -0.275 e. The summed E-state index contributed by atoms with van der Waals surface area (Å²) in [6, 6.07) is 3.15. The van der Waals surface area contributed by atoms with Crippen LogP contribution in [-0.4, -0.2) is 15.7 Å². The Labute approximate surface area is 61.1 Å². The minimum atomic E-state index is -1.50. The van der Waals surface area contributed by atoms with Crippen molar-refractivity contribution in [3.63, 3.8) is 0 Å². The maximum absolute atomic E-state index is 10.3. The molecule has 11 heavy (non-hydrogen) atoms. The van der Waals surface area contributed by atoms with E-state index in [4.69, 9.17) is 0 Å². The van der Waals surface area contributed by atoms with Crippen LogP contribution in [0, 0.1) is 10.1 Å². The van der Waals surface area contributed by atoms with Gasteiger partial charge in [0.05, 0.1) is 0 Å². The van der Waals surface area contributed by atoms with Crippen LogP contribution in [0.5, 0.6) is 0 Å². The van der Waals surface area contributed by atoms with E-state index >= 15 is 0 Å². The van der Waals surface area contributed by atoms with E-state index in [9.17, 15) is 14.9 Å². The van der Waals surface area contributed by atoms with E-state index in [2.05, 4.69) is 4.84 Å². The lowest BCUT2D eigenvalue weighted by Crippen LogP contribution is -2.23. The molecule has 0 saturated carbocycles. The summed E-state index contributed by atoms with van der Waals surface area (Å²) in [5, 5.41) is 9.74. The van der Waals surface area contributed by atoms with Crippen LogP contribution >= 0.6 is 0 Å². The maximum atomic E-state index is 10.3. The number of nitro groups is 1. The van der Waals surface area contributed by atoms with E-state index in [0.29, 0.717) is 0 Å². The van der Waals surface area contributed by atoms with Crippen LogP contribution in [0.2, 0.25) is 0 Å². The molecule has 0 fully saturated rings. The molecule has 0 N–H and O–H groups in total. The lowest BCUT2D eigenvalue weighted by Gasteiger charge is -1.94. The topological polar surface area (TPSA) is 74.4 Å². The van der Waals surface area contributed by atoms with Crippen molar-refractivity contribution in [1.82, 2.24) is 4.73 Å². The molecule has 6 nitrogen and oxygen atoms in total. The zero-order valence-corrected chi connectivity index (χ0v) is 5.34. The van der Waals surface area contributed by atoms with Crippen molar-refractivity contribution in [2.75, 3.05) is 0 Å². The Morgan fingerprint density at radius 1 is 1.45 bits per heavy atom. The molecule has 0 bridgehead atoms. The number of carbonyl (C=O) groups excluding carboxylic acids is 1. The first kappa shape index (κ1) is 7.26. The third-order valence-corrected chi connectivity index (χ3v) is 0.910. The average molecular weight is 156 g/mol. The fourth-order valence-electron chi connectivity index (χ4n) is 0.503. The predicted molar refractivity (Wildman–Crippen MR) is 33.4 cm³/mol.